The molecule has 0 fully saturated rings. The Balaban J connectivity index is 1.88. The van der Waals surface area contributed by atoms with Gasteiger partial charge in [-0.3, -0.25) is 14.9 Å². The van der Waals surface area contributed by atoms with Gasteiger partial charge >= 0.3 is 0 Å². The second kappa shape index (κ2) is 11.7. The second-order valence-corrected chi connectivity index (χ2v) is 9.50. The molecule has 6 heteroatoms. The molecule has 4 nitrogen and oxygen atoms in total. The zero-order valence-electron chi connectivity index (χ0n) is 20.0. The lowest BCUT2D eigenvalue weighted by Crippen LogP contribution is -2.29. The molecular formula is C27H34ClFN4. The molecule has 0 bridgehead atoms. The number of hydrogen-bond acceptors (Lipinski definition) is 4. The van der Waals surface area contributed by atoms with E-state index in [0.717, 1.165) is 60.6 Å². The van der Waals surface area contributed by atoms with E-state index in [2.05, 4.69) is 42.0 Å². The maximum atomic E-state index is 13.5. The number of nitrogens with zero attached hydrogens (tertiary/aromatic N) is 3. The van der Waals surface area contributed by atoms with Gasteiger partial charge in [-0.1, -0.05) is 43.6 Å². The summed E-state index contributed by atoms with van der Waals surface area (Å²) in [4.78, 5) is 11.8. The smallest absolute Gasteiger partial charge is 0.123 e. The molecule has 1 N–H and O–H groups in total. The molecule has 0 saturated heterocycles. The SMILES string of the molecule is CNCCCCN(Cc1ncc(Cl)cc1C)Cc1ncccc1C(C)(C)c1ccc(F)cc1. The van der Waals surface area contributed by atoms with Gasteiger partial charge in [0.25, 0.3) is 0 Å². The average Bonchev–Trinajstić information content (AvgIpc) is 2.79. The number of rotatable bonds is 11. The molecule has 0 aliphatic rings. The van der Waals surface area contributed by atoms with E-state index in [1.54, 1.807) is 6.20 Å². The maximum absolute atomic E-state index is 13.5. The van der Waals surface area contributed by atoms with Gasteiger partial charge in [0, 0.05) is 30.9 Å². The number of pyridine rings is 2. The summed E-state index contributed by atoms with van der Waals surface area (Å²) in [6.07, 6.45) is 5.75. The zero-order chi connectivity index (χ0) is 23.8. The van der Waals surface area contributed by atoms with Gasteiger partial charge in [0.1, 0.15) is 5.82 Å². The molecule has 176 valence electrons. The molecule has 0 saturated carbocycles. The van der Waals surface area contributed by atoms with Gasteiger partial charge in [-0.05, 0) is 80.9 Å². The van der Waals surface area contributed by atoms with E-state index in [4.69, 9.17) is 16.6 Å². The van der Waals surface area contributed by atoms with Crippen LogP contribution in [0.15, 0.2) is 54.9 Å². The molecule has 2 heterocycles. The van der Waals surface area contributed by atoms with Crippen LogP contribution in [0.25, 0.3) is 0 Å². The summed E-state index contributed by atoms with van der Waals surface area (Å²) in [6, 6.07) is 12.9. The van der Waals surface area contributed by atoms with Crippen LogP contribution in [0.3, 0.4) is 0 Å². The van der Waals surface area contributed by atoms with Crippen LogP contribution in [-0.2, 0) is 18.5 Å². The maximum Gasteiger partial charge on any atom is 0.123 e. The summed E-state index contributed by atoms with van der Waals surface area (Å²) in [5.74, 6) is -0.223. The summed E-state index contributed by atoms with van der Waals surface area (Å²) in [7, 11) is 1.98. The van der Waals surface area contributed by atoms with Crippen molar-refractivity contribution in [3.63, 3.8) is 0 Å². The molecule has 0 amide bonds. The number of benzene rings is 1. The molecule has 0 unspecified atom stereocenters. The minimum atomic E-state index is -0.302. The van der Waals surface area contributed by atoms with Crippen molar-refractivity contribution in [2.45, 2.75) is 52.1 Å². The normalized spacial score (nSPS) is 11.8. The molecule has 0 aliphatic heterocycles. The van der Waals surface area contributed by atoms with Crippen molar-refractivity contribution in [2.24, 2.45) is 0 Å². The van der Waals surface area contributed by atoms with Gasteiger partial charge in [-0.15, -0.1) is 0 Å². The number of hydrogen-bond donors (Lipinski definition) is 1. The van der Waals surface area contributed by atoms with Gasteiger partial charge < -0.3 is 5.32 Å². The van der Waals surface area contributed by atoms with Crippen molar-refractivity contribution in [3.8, 4) is 0 Å². The third-order valence-electron chi connectivity index (χ3n) is 6.18. The Morgan fingerprint density at radius 3 is 2.45 bits per heavy atom. The van der Waals surface area contributed by atoms with E-state index in [1.165, 1.54) is 12.1 Å². The predicted molar refractivity (Wildman–Crippen MR) is 134 cm³/mol. The molecule has 0 aliphatic carbocycles. The summed E-state index contributed by atoms with van der Waals surface area (Å²) in [5, 5.41) is 3.88. The van der Waals surface area contributed by atoms with Crippen molar-refractivity contribution in [2.75, 3.05) is 20.1 Å². The lowest BCUT2D eigenvalue weighted by atomic mass is 9.77. The van der Waals surface area contributed by atoms with E-state index in [1.807, 2.05) is 37.5 Å². The standard InChI is InChI=1S/C27H34ClFN4/c1-20-16-22(28)17-32-25(20)18-33(15-6-5-13-30-4)19-26-24(8-7-14-31-26)27(2,3)21-9-11-23(29)12-10-21/h7-12,14,16-17,30H,5-6,13,15,18-19H2,1-4H3. The number of halogens is 2. The largest absolute Gasteiger partial charge is 0.320 e. The Labute approximate surface area is 202 Å². The van der Waals surface area contributed by atoms with Crippen LogP contribution in [0.5, 0.6) is 0 Å². The fraction of sp³-hybridized carbons (Fsp3) is 0.407. The van der Waals surface area contributed by atoms with Gasteiger partial charge in [0.15, 0.2) is 0 Å². The summed E-state index contributed by atoms with van der Waals surface area (Å²) in [6.45, 7) is 9.78. The number of nitrogens with one attached hydrogen (secondary N) is 1. The topological polar surface area (TPSA) is 41.0 Å². The van der Waals surface area contributed by atoms with Gasteiger partial charge in [-0.2, -0.15) is 0 Å². The first kappa shape index (κ1) is 25.3. The summed E-state index contributed by atoms with van der Waals surface area (Å²) >= 11 is 6.12. The first-order chi connectivity index (χ1) is 15.8. The first-order valence-electron chi connectivity index (χ1n) is 11.5. The van der Waals surface area contributed by atoms with Crippen LogP contribution in [-0.4, -0.2) is 35.0 Å². The summed E-state index contributed by atoms with van der Waals surface area (Å²) < 4.78 is 13.5. The van der Waals surface area contributed by atoms with Crippen LogP contribution in [0.1, 0.15) is 54.8 Å². The fourth-order valence-corrected chi connectivity index (χ4v) is 4.38. The van der Waals surface area contributed by atoms with Crippen molar-refractivity contribution in [3.05, 3.63) is 93.8 Å². The van der Waals surface area contributed by atoms with Gasteiger partial charge in [-0.25, -0.2) is 4.39 Å². The van der Waals surface area contributed by atoms with E-state index in [0.29, 0.717) is 11.6 Å². The van der Waals surface area contributed by atoms with Gasteiger partial charge in [0.2, 0.25) is 0 Å². The Kier molecular flexibility index (Phi) is 8.95. The van der Waals surface area contributed by atoms with E-state index >= 15 is 0 Å². The third-order valence-corrected chi connectivity index (χ3v) is 6.39. The Bertz CT molecular complexity index is 1040. The van der Waals surface area contributed by atoms with Crippen molar-refractivity contribution >= 4 is 11.6 Å². The van der Waals surface area contributed by atoms with E-state index in [9.17, 15) is 4.39 Å². The highest BCUT2D eigenvalue weighted by Gasteiger charge is 2.27. The van der Waals surface area contributed by atoms with Crippen LogP contribution in [0.2, 0.25) is 5.02 Å². The third kappa shape index (κ3) is 6.83. The Morgan fingerprint density at radius 1 is 1.03 bits per heavy atom. The highest BCUT2D eigenvalue weighted by Crippen LogP contribution is 2.33. The molecule has 3 rings (SSSR count). The average molecular weight is 469 g/mol. The van der Waals surface area contributed by atoms with E-state index < -0.39 is 0 Å². The van der Waals surface area contributed by atoms with Crippen LogP contribution in [0, 0.1) is 12.7 Å². The van der Waals surface area contributed by atoms with Crippen LogP contribution >= 0.6 is 11.6 Å². The quantitative estimate of drug-likeness (QED) is 0.355. The monoisotopic (exact) mass is 468 g/mol. The number of aromatic nitrogens is 2. The lowest BCUT2D eigenvalue weighted by Gasteiger charge is -2.30. The molecule has 2 aromatic heterocycles. The predicted octanol–water partition coefficient (Wildman–Crippen LogP) is 5.91. The molecule has 3 aromatic rings. The Morgan fingerprint density at radius 2 is 1.76 bits per heavy atom. The molecular weight excluding hydrogens is 435 g/mol. The minimum absolute atomic E-state index is 0.223. The second-order valence-electron chi connectivity index (χ2n) is 9.07. The lowest BCUT2D eigenvalue weighted by molar-refractivity contribution is 0.243. The highest BCUT2D eigenvalue weighted by atomic mass is 35.5. The Hall–Kier alpha value is -2.34. The van der Waals surface area contributed by atoms with Crippen molar-refractivity contribution in [1.29, 1.82) is 0 Å². The van der Waals surface area contributed by atoms with Crippen molar-refractivity contribution in [1.82, 2.24) is 20.2 Å². The fourth-order valence-electron chi connectivity index (χ4n) is 4.16. The van der Waals surface area contributed by atoms with Gasteiger partial charge in [0.05, 0.1) is 16.4 Å². The van der Waals surface area contributed by atoms with E-state index in [-0.39, 0.29) is 11.2 Å². The van der Waals surface area contributed by atoms with Crippen LogP contribution in [0.4, 0.5) is 4.39 Å². The highest BCUT2D eigenvalue weighted by molar-refractivity contribution is 6.30. The number of aryl methyl sites for hydroxylation is 1. The first-order valence-corrected chi connectivity index (χ1v) is 11.9. The molecule has 0 atom stereocenters. The minimum Gasteiger partial charge on any atom is -0.320 e. The number of unbranched alkanes of at least 4 members (excludes halogenated alkanes) is 1. The van der Waals surface area contributed by atoms with Crippen LogP contribution < -0.4 is 5.32 Å². The van der Waals surface area contributed by atoms with Crippen molar-refractivity contribution < 1.29 is 4.39 Å². The molecule has 0 radical (unpaired) electrons. The molecule has 0 spiro atoms. The molecule has 33 heavy (non-hydrogen) atoms. The summed E-state index contributed by atoms with van der Waals surface area (Å²) in [5.41, 5.74) is 5.07. The molecule has 1 aromatic carbocycles. The zero-order valence-corrected chi connectivity index (χ0v) is 20.8.